The fraction of sp³-hybridized carbons (Fsp3) is 0.188. The first kappa shape index (κ1) is 20.0. The van der Waals surface area contributed by atoms with Crippen molar-refractivity contribution in [2.75, 3.05) is 6.61 Å². The van der Waals surface area contributed by atoms with E-state index in [4.69, 9.17) is 39.5 Å². The summed E-state index contributed by atoms with van der Waals surface area (Å²) in [6.45, 7) is 1.93. The third-order valence-corrected chi connectivity index (χ3v) is 4.66. The first-order valence-electron chi connectivity index (χ1n) is 7.16. The van der Waals surface area contributed by atoms with Crippen LogP contribution in [0.15, 0.2) is 40.0 Å². The van der Waals surface area contributed by atoms with Gasteiger partial charge in [-0.1, -0.05) is 46.9 Å². The van der Waals surface area contributed by atoms with Crippen LogP contribution in [0.3, 0.4) is 0 Å². The number of hydrogen-bond acceptors (Lipinski definition) is 4. The van der Waals surface area contributed by atoms with Gasteiger partial charge in [0.05, 0.1) is 22.4 Å². The second kappa shape index (κ2) is 9.38. The van der Waals surface area contributed by atoms with Crippen molar-refractivity contribution in [2.45, 2.75) is 13.3 Å². The normalized spacial score (nSPS) is 11.3. The lowest BCUT2D eigenvalue weighted by molar-refractivity contribution is 0.152. The van der Waals surface area contributed by atoms with Gasteiger partial charge in [0.15, 0.2) is 0 Å². The van der Waals surface area contributed by atoms with E-state index in [1.807, 2.05) is 6.07 Å². The fourth-order valence-electron chi connectivity index (χ4n) is 1.96. The van der Waals surface area contributed by atoms with Crippen molar-refractivity contribution in [3.63, 3.8) is 0 Å². The summed E-state index contributed by atoms with van der Waals surface area (Å²) in [5.74, 6) is 0. The number of hydrazone groups is 1. The molecule has 132 valence electrons. The van der Waals surface area contributed by atoms with E-state index < -0.39 is 6.09 Å². The lowest BCUT2D eigenvalue weighted by Crippen LogP contribution is -2.22. The maximum Gasteiger partial charge on any atom is 0.427 e. The Morgan fingerprint density at radius 1 is 1.36 bits per heavy atom. The minimum Gasteiger partial charge on any atom is -0.449 e. The van der Waals surface area contributed by atoms with E-state index in [9.17, 15) is 4.79 Å². The summed E-state index contributed by atoms with van der Waals surface area (Å²) in [5.41, 5.74) is 4.06. The third-order valence-electron chi connectivity index (χ3n) is 3.06. The molecule has 0 bridgehead atoms. The number of benzene rings is 1. The molecule has 1 heterocycles. The number of amides is 1. The predicted molar refractivity (Wildman–Crippen MR) is 104 cm³/mol. The van der Waals surface area contributed by atoms with Gasteiger partial charge >= 0.3 is 6.09 Å². The van der Waals surface area contributed by atoms with Crippen molar-refractivity contribution >= 4 is 62.5 Å². The van der Waals surface area contributed by atoms with Gasteiger partial charge in [-0.3, -0.25) is 0 Å². The Kier molecular flexibility index (Phi) is 7.50. The Morgan fingerprint density at radius 3 is 2.84 bits per heavy atom. The summed E-state index contributed by atoms with van der Waals surface area (Å²) in [6.07, 6.45) is 1.18. The van der Waals surface area contributed by atoms with Gasteiger partial charge < -0.3 is 4.74 Å². The van der Waals surface area contributed by atoms with Crippen LogP contribution >= 0.6 is 50.7 Å². The van der Waals surface area contributed by atoms with E-state index in [0.29, 0.717) is 25.8 Å². The number of hydrogen-bond donors (Lipinski definition) is 1. The molecule has 0 unspecified atom stereocenters. The second-order valence-corrected chi connectivity index (χ2v) is 6.83. The first-order valence-corrected chi connectivity index (χ1v) is 9.08. The molecule has 2 aromatic rings. The van der Waals surface area contributed by atoms with Gasteiger partial charge in [-0.05, 0) is 40.5 Å². The number of ether oxygens (including phenoxy) is 1. The standard InChI is InChI=1S/C16H13BrCl3N3O2/c1-2-25-16(24)23-22-13(11-7-10(17)8-21-15(11)20)6-9-4-3-5-12(18)14(9)19/h3-5,7-8H,2,6H2,1H3,(H,23,24)/b22-13+. The van der Waals surface area contributed by atoms with Gasteiger partial charge in [0, 0.05) is 22.7 Å². The summed E-state index contributed by atoms with van der Waals surface area (Å²) >= 11 is 21.8. The minimum atomic E-state index is -0.670. The molecular weight excluding hydrogens is 452 g/mol. The van der Waals surface area contributed by atoms with Gasteiger partial charge in [-0.15, -0.1) is 0 Å². The highest BCUT2D eigenvalue weighted by Crippen LogP contribution is 2.28. The molecule has 0 aliphatic heterocycles. The number of rotatable bonds is 5. The van der Waals surface area contributed by atoms with Crippen LogP contribution in [0.2, 0.25) is 15.2 Å². The number of nitrogens with one attached hydrogen (secondary N) is 1. The molecule has 1 N–H and O–H groups in total. The molecule has 0 aliphatic rings. The Bertz CT molecular complexity index is 815. The molecule has 0 saturated heterocycles. The number of pyridine rings is 1. The van der Waals surface area contributed by atoms with Gasteiger partial charge in [0.1, 0.15) is 5.15 Å². The Balaban J connectivity index is 2.41. The molecule has 0 aliphatic carbocycles. The molecular formula is C16H13BrCl3N3O2. The minimum absolute atomic E-state index is 0.232. The number of halogens is 4. The maximum atomic E-state index is 11.6. The highest BCUT2D eigenvalue weighted by atomic mass is 79.9. The SMILES string of the molecule is CCOC(=O)N/N=C(\Cc1cccc(Cl)c1Cl)c1cc(Br)cnc1Cl. The van der Waals surface area contributed by atoms with Crippen molar-refractivity contribution in [3.8, 4) is 0 Å². The summed E-state index contributed by atoms with van der Waals surface area (Å²) < 4.78 is 5.53. The average molecular weight is 466 g/mol. The third kappa shape index (κ3) is 5.57. The van der Waals surface area contributed by atoms with Crippen LogP contribution < -0.4 is 5.43 Å². The monoisotopic (exact) mass is 463 g/mol. The van der Waals surface area contributed by atoms with Gasteiger partial charge in [-0.2, -0.15) is 5.10 Å². The summed E-state index contributed by atoms with van der Waals surface area (Å²) in [7, 11) is 0. The molecule has 0 atom stereocenters. The number of carbonyl (C=O) groups is 1. The second-order valence-electron chi connectivity index (χ2n) is 4.77. The van der Waals surface area contributed by atoms with Crippen LogP contribution in [0.4, 0.5) is 4.79 Å². The number of aromatic nitrogens is 1. The topological polar surface area (TPSA) is 63.6 Å². The van der Waals surface area contributed by atoms with Crippen molar-refractivity contribution in [2.24, 2.45) is 5.10 Å². The molecule has 0 spiro atoms. The van der Waals surface area contributed by atoms with E-state index in [0.717, 1.165) is 5.56 Å². The van der Waals surface area contributed by atoms with Crippen LogP contribution in [-0.2, 0) is 11.2 Å². The zero-order chi connectivity index (χ0) is 18.4. The summed E-state index contributed by atoms with van der Waals surface area (Å²) in [5, 5.41) is 5.20. The highest BCUT2D eigenvalue weighted by molar-refractivity contribution is 9.10. The fourth-order valence-corrected chi connectivity index (χ4v) is 2.89. The lowest BCUT2D eigenvalue weighted by Gasteiger charge is -2.11. The van der Waals surface area contributed by atoms with Crippen LogP contribution in [0.5, 0.6) is 0 Å². The van der Waals surface area contributed by atoms with Gasteiger partial charge in [0.25, 0.3) is 0 Å². The van der Waals surface area contributed by atoms with Crippen molar-refractivity contribution in [3.05, 3.63) is 61.3 Å². The lowest BCUT2D eigenvalue weighted by atomic mass is 10.0. The molecule has 0 radical (unpaired) electrons. The first-order chi connectivity index (χ1) is 11.9. The van der Waals surface area contributed by atoms with Crippen LogP contribution in [-0.4, -0.2) is 23.4 Å². The van der Waals surface area contributed by atoms with Crippen LogP contribution in [0, 0.1) is 0 Å². The van der Waals surface area contributed by atoms with E-state index in [1.54, 1.807) is 31.3 Å². The Morgan fingerprint density at radius 2 is 2.12 bits per heavy atom. The van der Waals surface area contributed by atoms with E-state index >= 15 is 0 Å². The molecule has 25 heavy (non-hydrogen) atoms. The summed E-state index contributed by atoms with van der Waals surface area (Å²) in [4.78, 5) is 15.6. The zero-order valence-corrected chi connectivity index (χ0v) is 16.9. The molecule has 9 heteroatoms. The Labute approximate surface area is 168 Å². The molecule has 0 saturated carbocycles. The zero-order valence-electron chi connectivity index (χ0n) is 13.0. The highest BCUT2D eigenvalue weighted by Gasteiger charge is 2.15. The largest absolute Gasteiger partial charge is 0.449 e. The van der Waals surface area contributed by atoms with Gasteiger partial charge in [0.2, 0.25) is 0 Å². The van der Waals surface area contributed by atoms with Crippen molar-refractivity contribution < 1.29 is 9.53 Å². The maximum absolute atomic E-state index is 11.6. The van der Waals surface area contributed by atoms with E-state index in [1.165, 1.54) is 0 Å². The van der Waals surface area contributed by atoms with Crippen molar-refractivity contribution in [1.29, 1.82) is 0 Å². The smallest absolute Gasteiger partial charge is 0.427 e. The molecule has 1 aromatic heterocycles. The summed E-state index contributed by atoms with van der Waals surface area (Å²) in [6, 6.07) is 7.03. The van der Waals surface area contributed by atoms with Gasteiger partial charge in [-0.25, -0.2) is 15.2 Å². The van der Waals surface area contributed by atoms with Crippen LogP contribution in [0.25, 0.3) is 0 Å². The molecule has 1 aromatic carbocycles. The van der Waals surface area contributed by atoms with Crippen molar-refractivity contribution in [1.82, 2.24) is 10.4 Å². The average Bonchev–Trinajstić information content (AvgIpc) is 2.58. The predicted octanol–water partition coefficient (Wildman–Crippen LogP) is 5.50. The number of carbonyl (C=O) groups excluding carboxylic acids is 1. The molecule has 2 rings (SSSR count). The van der Waals surface area contributed by atoms with E-state index in [2.05, 4.69) is 31.4 Å². The molecule has 5 nitrogen and oxygen atoms in total. The number of nitrogens with zero attached hydrogens (tertiary/aromatic N) is 2. The molecule has 0 fully saturated rings. The quantitative estimate of drug-likeness (QED) is 0.360. The van der Waals surface area contributed by atoms with Crippen LogP contribution in [0.1, 0.15) is 18.1 Å². The molecule has 1 amide bonds. The van der Waals surface area contributed by atoms with E-state index in [-0.39, 0.29) is 18.2 Å². The Hall–Kier alpha value is -1.34.